The molecule has 2 heterocycles. The number of anilines is 1. The SMILES string of the molecule is NN=C(C=Nc1ccc([S+]([O-])N2CCCC2)cc1)c1cc2cc(N)ccc2[nH]c1=O. The van der Waals surface area contributed by atoms with E-state index in [1.54, 1.807) is 48.5 Å². The summed E-state index contributed by atoms with van der Waals surface area (Å²) in [6.07, 6.45) is 3.60. The van der Waals surface area contributed by atoms with Gasteiger partial charge in [-0.1, -0.05) is 0 Å². The molecule has 0 saturated carbocycles. The molecule has 9 heteroatoms. The third-order valence-electron chi connectivity index (χ3n) is 4.96. The van der Waals surface area contributed by atoms with Crippen LogP contribution < -0.4 is 17.1 Å². The largest absolute Gasteiger partial charge is 0.593 e. The van der Waals surface area contributed by atoms with Gasteiger partial charge in [-0.15, -0.1) is 4.31 Å². The van der Waals surface area contributed by atoms with Crippen LogP contribution in [0.15, 0.2) is 68.3 Å². The van der Waals surface area contributed by atoms with Crippen LogP contribution in [0, 0.1) is 0 Å². The highest BCUT2D eigenvalue weighted by Gasteiger charge is 2.25. The van der Waals surface area contributed by atoms with Gasteiger partial charge in [0.1, 0.15) is 5.71 Å². The number of nitrogens with two attached hydrogens (primary N) is 2. The maximum absolute atomic E-state index is 12.5. The number of aromatic amines is 1. The number of hydrogen-bond donors (Lipinski definition) is 3. The van der Waals surface area contributed by atoms with E-state index in [1.807, 2.05) is 4.31 Å². The van der Waals surface area contributed by atoms with Gasteiger partial charge in [0.15, 0.2) is 4.90 Å². The van der Waals surface area contributed by atoms with Crippen LogP contribution in [0.1, 0.15) is 18.4 Å². The molecule has 1 aliphatic rings. The highest BCUT2D eigenvalue weighted by atomic mass is 32.2. The third-order valence-corrected chi connectivity index (χ3v) is 6.47. The van der Waals surface area contributed by atoms with E-state index in [-0.39, 0.29) is 11.3 Å². The number of aliphatic imine (C=N–C) groups is 1. The van der Waals surface area contributed by atoms with Crippen molar-refractivity contribution in [2.75, 3.05) is 18.8 Å². The molecule has 1 atom stereocenters. The molecule has 3 aromatic rings. The molecule has 30 heavy (non-hydrogen) atoms. The molecule has 0 bridgehead atoms. The van der Waals surface area contributed by atoms with Crippen LogP contribution in [0.2, 0.25) is 0 Å². The van der Waals surface area contributed by atoms with Crippen LogP contribution in [0.4, 0.5) is 11.4 Å². The van der Waals surface area contributed by atoms with Gasteiger partial charge in [0.2, 0.25) is 0 Å². The number of benzene rings is 2. The Labute approximate surface area is 176 Å². The van der Waals surface area contributed by atoms with Crippen molar-refractivity contribution >= 4 is 45.6 Å². The molecule has 1 unspecified atom stereocenters. The van der Waals surface area contributed by atoms with E-state index in [2.05, 4.69) is 15.1 Å². The fourth-order valence-electron chi connectivity index (χ4n) is 3.38. The smallest absolute Gasteiger partial charge is 0.258 e. The number of nitrogens with one attached hydrogen (secondary N) is 1. The number of nitrogens with zero attached hydrogens (tertiary/aromatic N) is 3. The Balaban J connectivity index is 1.56. The lowest BCUT2D eigenvalue weighted by Gasteiger charge is -2.18. The fourth-order valence-corrected chi connectivity index (χ4v) is 4.63. The van der Waals surface area contributed by atoms with Crippen molar-refractivity contribution in [1.82, 2.24) is 9.29 Å². The van der Waals surface area contributed by atoms with E-state index < -0.39 is 11.4 Å². The van der Waals surface area contributed by atoms with Crippen LogP contribution in [0.25, 0.3) is 10.9 Å². The summed E-state index contributed by atoms with van der Waals surface area (Å²) < 4.78 is 14.5. The number of aromatic nitrogens is 1. The molecule has 0 aliphatic carbocycles. The van der Waals surface area contributed by atoms with Gasteiger partial charge < -0.3 is 21.1 Å². The Bertz CT molecular complexity index is 1170. The fraction of sp³-hybridized carbons (Fsp3) is 0.190. The van der Waals surface area contributed by atoms with E-state index in [1.165, 1.54) is 6.21 Å². The molecule has 1 saturated heterocycles. The minimum absolute atomic E-state index is 0.241. The normalized spacial score (nSPS) is 16.5. The van der Waals surface area contributed by atoms with Crippen molar-refractivity contribution in [3.05, 3.63) is 64.4 Å². The summed E-state index contributed by atoms with van der Waals surface area (Å²) in [6.45, 7) is 1.71. The maximum Gasteiger partial charge on any atom is 0.258 e. The zero-order valence-corrected chi connectivity index (χ0v) is 17.1. The molecule has 0 amide bonds. The molecule has 1 aliphatic heterocycles. The number of H-pyrrole nitrogens is 1. The summed E-state index contributed by atoms with van der Waals surface area (Å²) in [6, 6.07) is 14.1. The van der Waals surface area contributed by atoms with Gasteiger partial charge in [-0.05, 0) is 61.4 Å². The average Bonchev–Trinajstić information content (AvgIpc) is 3.29. The molecule has 0 spiro atoms. The van der Waals surface area contributed by atoms with Crippen molar-refractivity contribution in [3.8, 4) is 0 Å². The van der Waals surface area contributed by atoms with Crippen LogP contribution in [-0.4, -0.2) is 38.9 Å². The predicted octanol–water partition coefficient (Wildman–Crippen LogP) is 2.29. The number of fused-ring (bicyclic) bond motifs is 1. The number of hydrazone groups is 1. The van der Waals surface area contributed by atoms with Crippen molar-refractivity contribution in [2.45, 2.75) is 17.7 Å². The second-order valence-electron chi connectivity index (χ2n) is 7.01. The van der Waals surface area contributed by atoms with E-state index in [0.717, 1.165) is 36.2 Å². The zero-order valence-electron chi connectivity index (χ0n) is 16.2. The molecule has 1 aromatic heterocycles. The topological polar surface area (TPSA) is 136 Å². The van der Waals surface area contributed by atoms with Gasteiger partial charge >= 0.3 is 0 Å². The summed E-state index contributed by atoms with van der Waals surface area (Å²) in [5.74, 6) is 5.52. The van der Waals surface area contributed by atoms with Crippen LogP contribution in [0.3, 0.4) is 0 Å². The standard InChI is InChI=1S/C21H22N6O2S/c22-15-3-8-19-14(11-15)12-18(21(28)25-19)20(26-23)13-24-16-4-6-17(7-5-16)30(29)27-9-1-2-10-27/h3-8,11-13H,1-2,9-10,22-23H2,(H,25,28). The second-order valence-corrected chi connectivity index (χ2v) is 8.50. The van der Waals surface area contributed by atoms with Crippen molar-refractivity contribution in [2.24, 2.45) is 15.9 Å². The molecular formula is C21H22N6O2S. The quantitative estimate of drug-likeness (QED) is 0.191. The maximum atomic E-state index is 12.5. The number of nitrogen functional groups attached to an aromatic ring is 1. The number of rotatable bonds is 5. The van der Waals surface area contributed by atoms with Gasteiger partial charge in [0, 0.05) is 29.7 Å². The lowest BCUT2D eigenvalue weighted by atomic mass is 10.1. The minimum atomic E-state index is -1.15. The zero-order chi connectivity index (χ0) is 21.1. The molecule has 2 aromatic carbocycles. The molecule has 154 valence electrons. The Morgan fingerprint density at radius 2 is 1.87 bits per heavy atom. The average molecular weight is 423 g/mol. The van der Waals surface area contributed by atoms with E-state index in [0.29, 0.717) is 22.5 Å². The first-order chi connectivity index (χ1) is 14.5. The Hall–Kier alpha value is -3.14. The van der Waals surface area contributed by atoms with E-state index >= 15 is 0 Å². The summed E-state index contributed by atoms with van der Waals surface area (Å²) in [4.78, 5) is 20.4. The van der Waals surface area contributed by atoms with Gasteiger partial charge in [0.25, 0.3) is 5.56 Å². The summed E-state index contributed by atoms with van der Waals surface area (Å²) >= 11 is -1.15. The highest BCUT2D eigenvalue weighted by molar-refractivity contribution is 7.89. The summed E-state index contributed by atoms with van der Waals surface area (Å²) in [5, 5.41) is 4.49. The Morgan fingerprint density at radius 1 is 1.13 bits per heavy atom. The third kappa shape index (κ3) is 4.23. The van der Waals surface area contributed by atoms with Crippen molar-refractivity contribution in [3.63, 3.8) is 0 Å². The first-order valence-electron chi connectivity index (χ1n) is 9.57. The summed E-state index contributed by atoms with van der Waals surface area (Å²) in [7, 11) is 0. The van der Waals surface area contributed by atoms with Crippen LogP contribution in [0.5, 0.6) is 0 Å². The van der Waals surface area contributed by atoms with Gasteiger partial charge in [-0.25, -0.2) is 0 Å². The molecule has 1 fully saturated rings. The predicted molar refractivity (Wildman–Crippen MR) is 122 cm³/mol. The molecule has 4 rings (SSSR count). The van der Waals surface area contributed by atoms with Crippen molar-refractivity contribution < 1.29 is 4.55 Å². The highest BCUT2D eigenvalue weighted by Crippen LogP contribution is 2.23. The molecule has 0 radical (unpaired) electrons. The van der Waals surface area contributed by atoms with Crippen LogP contribution >= 0.6 is 0 Å². The lowest BCUT2D eigenvalue weighted by Crippen LogP contribution is -2.27. The second kappa shape index (κ2) is 8.70. The first-order valence-corrected chi connectivity index (χ1v) is 10.7. The Kier molecular flexibility index (Phi) is 5.84. The van der Waals surface area contributed by atoms with Gasteiger partial charge in [-0.3, -0.25) is 9.79 Å². The van der Waals surface area contributed by atoms with Crippen molar-refractivity contribution in [1.29, 1.82) is 0 Å². The van der Waals surface area contributed by atoms with Crippen LogP contribution in [-0.2, 0) is 11.4 Å². The Morgan fingerprint density at radius 3 is 2.57 bits per heavy atom. The summed E-state index contributed by atoms with van der Waals surface area (Å²) in [5.41, 5.74) is 7.95. The molecule has 8 nitrogen and oxygen atoms in total. The minimum Gasteiger partial charge on any atom is -0.593 e. The van der Waals surface area contributed by atoms with Gasteiger partial charge in [-0.2, -0.15) is 5.10 Å². The van der Waals surface area contributed by atoms with E-state index in [4.69, 9.17) is 11.6 Å². The first kappa shape index (κ1) is 20.1. The lowest BCUT2D eigenvalue weighted by molar-refractivity contribution is 0.477. The number of pyridine rings is 1. The van der Waals surface area contributed by atoms with E-state index in [9.17, 15) is 9.35 Å². The number of hydrogen-bond acceptors (Lipinski definition) is 7. The molecule has 5 N–H and O–H groups in total. The monoisotopic (exact) mass is 422 g/mol. The van der Waals surface area contributed by atoms with Gasteiger partial charge in [0.05, 0.1) is 28.8 Å². The molecular weight excluding hydrogens is 400 g/mol.